The van der Waals surface area contributed by atoms with E-state index in [9.17, 15) is 4.79 Å². The Bertz CT molecular complexity index is 139. The maximum absolute atomic E-state index is 11.1. The van der Waals surface area contributed by atoms with Gasteiger partial charge in [-0.25, -0.2) is 0 Å². The molecule has 0 aromatic heterocycles. The zero-order valence-corrected chi connectivity index (χ0v) is 8.18. The standard InChI is InChI=1S/C7H11IO2/c1-10-7(6(8)9)4-2-3-5-7/h2-5H2,1H3. The lowest BCUT2D eigenvalue weighted by atomic mass is 10.1. The average molecular weight is 254 g/mol. The molecule has 1 rings (SSSR count). The van der Waals surface area contributed by atoms with Crippen molar-refractivity contribution in [3.8, 4) is 0 Å². The topological polar surface area (TPSA) is 26.3 Å². The molecule has 0 heterocycles. The van der Waals surface area contributed by atoms with Crippen LogP contribution in [-0.4, -0.2) is 16.5 Å². The molecule has 0 aliphatic heterocycles. The van der Waals surface area contributed by atoms with Crippen molar-refractivity contribution < 1.29 is 9.53 Å². The number of halogens is 1. The van der Waals surface area contributed by atoms with Gasteiger partial charge in [0, 0.05) is 29.7 Å². The van der Waals surface area contributed by atoms with Crippen LogP contribution in [0.15, 0.2) is 0 Å². The second kappa shape index (κ2) is 3.17. The molecule has 0 bridgehead atoms. The lowest BCUT2D eigenvalue weighted by Gasteiger charge is -2.22. The smallest absolute Gasteiger partial charge is 0.223 e. The molecule has 10 heavy (non-hydrogen) atoms. The van der Waals surface area contributed by atoms with Crippen LogP contribution >= 0.6 is 22.6 Å². The number of hydrogen-bond acceptors (Lipinski definition) is 2. The summed E-state index contributed by atoms with van der Waals surface area (Å²) >= 11 is 1.83. The lowest BCUT2D eigenvalue weighted by molar-refractivity contribution is -0.128. The Hall–Kier alpha value is 0.360. The van der Waals surface area contributed by atoms with Crippen LogP contribution in [0.25, 0.3) is 0 Å². The van der Waals surface area contributed by atoms with Crippen molar-refractivity contribution in [2.45, 2.75) is 31.3 Å². The molecule has 0 unspecified atom stereocenters. The van der Waals surface area contributed by atoms with E-state index in [2.05, 4.69) is 0 Å². The van der Waals surface area contributed by atoms with Crippen molar-refractivity contribution in [1.29, 1.82) is 0 Å². The normalized spacial score (nSPS) is 23.0. The second-order valence-electron chi connectivity index (χ2n) is 2.68. The van der Waals surface area contributed by atoms with E-state index >= 15 is 0 Å². The van der Waals surface area contributed by atoms with Crippen LogP contribution in [-0.2, 0) is 9.53 Å². The van der Waals surface area contributed by atoms with Crippen LogP contribution in [0.1, 0.15) is 25.7 Å². The minimum atomic E-state index is -0.416. The Morgan fingerprint density at radius 1 is 1.50 bits per heavy atom. The summed E-state index contributed by atoms with van der Waals surface area (Å²) in [7, 11) is 1.63. The van der Waals surface area contributed by atoms with Crippen LogP contribution in [0.3, 0.4) is 0 Å². The minimum absolute atomic E-state index is 0.158. The van der Waals surface area contributed by atoms with Gasteiger partial charge in [-0.05, 0) is 25.7 Å². The molecule has 0 spiro atoms. The van der Waals surface area contributed by atoms with E-state index in [-0.39, 0.29) is 3.79 Å². The first-order chi connectivity index (χ1) is 4.71. The van der Waals surface area contributed by atoms with Gasteiger partial charge < -0.3 is 4.74 Å². The molecule has 0 amide bonds. The first-order valence-electron chi connectivity index (χ1n) is 3.46. The summed E-state index contributed by atoms with van der Waals surface area (Å²) in [4.78, 5) is 11.1. The molecule has 0 aromatic carbocycles. The van der Waals surface area contributed by atoms with Crippen molar-refractivity contribution in [2.24, 2.45) is 0 Å². The van der Waals surface area contributed by atoms with Gasteiger partial charge in [0.1, 0.15) is 5.60 Å². The molecule has 58 valence electrons. The number of carbonyl (C=O) groups is 1. The Kier molecular flexibility index (Phi) is 2.68. The minimum Gasteiger partial charge on any atom is -0.370 e. The molecular formula is C7H11IO2. The monoisotopic (exact) mass is 254 g/mol. The molecule has 1 fully saturated rings. The second-order valence-corrected chi connectivity index (χ2v) is 3.66. The fourth-order valence-corrected chi connectivity index (χ4v) is 2.19. The van der Waals surface area contributed by atoms with E-state index in [1.165, 1.54) is 0 Å². The Balaban J connectivity index is 2.67. The van der Waals surface area contributed by atoms with Crippen LogP contribution in [0.4, 0.5) is 0 Å². The van der Waals surface area contributed by atoms with Gasteiger partial charge >= 0.3 is 0 Å². The molecule has 1 aliphatic rings. The van der Waals surface area contributed by atoms with E-state index in [1.54, 1.807) is 7.11 Å². The van der Waals surface area contributed by atoms with E-state index < -0.39 is 5.60 Å². The highest BCUT2D eigenvalue weighted by atomic mass is 127. The predicted molar refractivity (Wildman–Crippen MR) is 47.2 cm³/mol. The molecule has 3 heteroatoms. The summed E-state index contributed by atoms with van der Waals surface area (Å²) in [6.45, 7) is 0. The fourth-order valence-electron chi connectivity index (χ4n) is 1.43. The van der Waals surface area contributed by atoms with Gasteiger partial charge in [-0.2, -0.15) is 0 Å². The van der Waals surface area contributed by atoms with Crippen LogP contribution in [0, 0.1) is 0 Å². The zero-order chi connectivity index (χ0) is 7.61. The van der Waals surface area contributed by atoms with E-state index in [0.717, 1.165) is 25.7 Å². The van der Waals surface area contributed by atoms with E-state index in [4.69, 9.17) is 4.74 Å². The molecule has 0 aromatic rings. The summed E-state index contributed by atoms with van der Waals surface area (Å²) in [5.41, 5.74) is -0.416. The molecule has 0 N–H and O–H groups in total. The van der Waals surface area contributed by atoms with Gasteiger partial charge in [-0.1, -0.05) is 0 Å². The van der Waals surface area contributed by atoms with Gasteiger partial charge in [0.05, 0.1) is 0 Å². The van der Waals surface area contributed by atoms with Crippen LogP contribution in [0.2, 0.25) is 0 Å². The maximum Gasteiger partial charge on any atom is 0.223 e. The van der Waals surface area contributed by atoms with Gasteiger partial charge in [0.25, 0.3) is 0 Å². The summed E-state index contributed by atoms with van der Waals surface area (Å²) < 4.78 is 5.36. The summed E-state index contributed by atoms with van der Waals surface area (Å²) in [5.74, 6) is 0. The SMILES string of the molecule is COC1(C(=O)I)CCCC1. The highest BCUT2D eigenvalue weighted by Gasteiger charge is 2.39. The van der Waals surface area contributed by atoms with E-state index in [1.807, 2.05) is 22.6 Å². The average Bonchev–Trinajstić information content (AvgIpc) is 2.35. The Morgan fingerprint density at radius 3 is 2.20 bits per heavy atom. The first kappa shape index (κ1) is 8.46. The lowest BCUT2D eigenvalue weighted by Crippen LogP contribution is -2.33. The van der Waals surface area contributed by atoms with Gasteiger partial charge in [-0.15, -0.1) is 0 Å². The van der Waals surface area contributed by atoms with Crippen molar-refractivity contribution in [3.63, 3.8) is 0 Å². The molecule has 1 aliphatic carbocycles. The third-order valence-electron chi connectivity index (χ3n) is 2.16. The number of methoxy groups -OCH3 is 1. The highest BCUT2D eigenvalue weighted by Crippen LogP contribution is 2.35. The Morgan fingerprint density at radius 2 is 2.00 bits per heavy atom. The fraction of sp³-hybridized carbons (Fsp3) is 0.857. The summed E-state index contributed by atoms with van der Waals surface area (Å²) in [6.07, 6.45) is 4.07. The molecular weight excluding hydrogens is 243 g/mol. The van der Waals surface area contributed by atoms with Crippen molar-refractivity contribution in [3.05, 3.63) is 0 Å². The third-order valence-corrected chi connectivity index (χ3v) is 3.14. The number of hydrogen-bond donors (Lipinski definition) is 0. The predicted octanol–water partition coefficient (Wildman–Crippen LogP) is 1.91. The Labute approximate surface area is 74.5 Å². The van der Waals surface area contributed by atoms with Crippen molar-refractivity contribution >= 4 is 26.4 Å². The maximum atomic E-state index is 11.1. The van der Waals surface area contributed by atoms with Gasteiger partial charge in [-0.3, -0.25) is 4.79 Å². The number of carbonyl (C=O) groups excluding carboxylic acids is 1. The van der Waals surface area contributed by atoms with Crippen LogP contribution < -0.4 is 0 Å². The van der Waals surface area contributed by atoms with Crippen LogP contribution in [0.5, 0.6) is 0 Å². The molecule has 0 atom stereocenters. The number of ether oxygens (including phenoxy) is 1. The largest absolute Gasteiger partial charge is 0.370 e. The van der Waals surface area contributed by atoms with Crippen molar-refractivity contribution in [1.82, 2.24) is 0 Å². The number of rotatable bonds is 2. The molecule has 0 saturated heterocycles. The first-order valence-corrected chi connectivity index (χ1v) is 4.54. The van der Waals surface area contributed by atoms with Crippen molar-refractivity contribution in [2.75, 3.05) is 7.11 Å². The van der Waals surface area contributed by atoms with Gasteiger partial charge in [0.15, 0.2) is 0 Å². The van der Waals surface area contributed by atoms with E-state index in [0.29, 0.717) is 0 Å². The third kappa shape index (κ3) is 1.34. The van der Waals surface area contributed by atoms with Gasteiger partial charge in [0.2, 0.25) is 3.79 Å². The quantitative estimate of drug-likeness (QED) is 0.555. The molecule has 2 nitrogen and oxygen atoms in total. The highest BCUT2D eigenvalue weighted by molar-refractivity contribution is 14.1. The summed E-state index contributed by atoms with van der Waals surface area (Å²) in [5, 5.41) is 0. The zero-order valence-electron chi connectivity index (χ0n) is 6.02. The molecule has 0 radical (unpaired) electrons. The molecule has 1 saturated carbocycles. The summed E-state index contributed by atoms with van der Waals surface area (Å²) in [6, 6.07) is 0.